The minimum absolute atomic E-state index is 0.247. The van der Waals surface area contributed by atoms with Gasteiger partial charge in [-0.05, 0) is 50.6 Å². The summed E-state index contributed by atoms with van der Waals surface area (Å²) in [5.41, 5.74) is 4.19. The molecule has 0 amide bonds. The summed E-state index contributed by atoms with van der Waals surface area (Å²) in [5.74, 6) is 0. The second-order valence-electron chi connectivity index (χ2n) is 7.64. The number of benzene rings is 1. The molecule has 0 radical (unpaired) electrons. The first-order chi connectivity index (χ1) is 14.0. The van der Waals surface area contributed by atoms with E-state index in [1.807, 2.05) is 38.2 Å². The van der Waals surface area contributed by atoms with Crippen LogP contribution in [0.15, 0.2) is 41.5 Å². The molecular formula is C21H21FN6O. The lowest BCUT2D eigenvalue weighted by atomic mass is 10.0. The van der Waals surface area contributed by atoms with Crippen molar-refractivity contribution in [3.63, 3.8) is 0 Å². The first-order valence-corrected chi connectivity index (χ1v) is 9.71. The maximum Gasteiger partial charge on any atom is 0.274 e. The Bertz CT molecular complexity index is 1290. The van der Waals surface area contributed by atoms with Gasteiger partial charge in [0.05, 0.1) is 35.2 Å². The van der Waals surface area contributed by atoms with Crippen molar-refractivity contribution in [2.75, 3.05) is 13.1 Å². The number of halogens is 1. The van der Waals surface area contributed by atoms with Crippen molar-refractivity contribution in [1.29, 1.82) is 0 Å². The molecule has 1 saturated heterocycles. The van der Waals surface area contributed by atoms with Gasteiger partial charge in [-0.1, -0.05) is 6.07 Å². The molecule has 0 unspecified atom stereocenters. The molecule has 1 aliphatic heterocycles. The van der Waals surface area contributed by atoms with E-state index < -0.39 is 12.2 Å². The second-order valence-corrected chi connectivity index (χ2v) is 7.64. The molecule has 1 fully saturated rings. The van der Waals surface area contributed by atoms with Gasteiger partial charge in [0.25, 0.3) is 5.56 Å². The van der Waals surface area contributed by atoms with Crippen LogP contribution in [-0.2, 0) is 0 Å². The molecule has 1 N–H and O–H groups in total. The van der Waals surface area contributed by atoms with Crippen LogP contribution in [0.5, 0.6) is 0 Å². The third-order valence-electron chi connectivity index (χ3n) is 5.52. The molecule has 29 heavy (non-hydrogen) atoms. The molecule has 2 atom stereocenters. The highest BCUT2D eigenvalue weighted by molar-refractivity contribution is 5.85. The van der Waals surface area contributed by atoms with Gasteiger partial charge in [0.15, 0.2) is 5.65 Å². The molecule has 1 aliphatic rings. The molecule has 4 aromatic rings. The Morgan fingerprint density at radius 3 is 2.93 bits per heavy atom. The number of fused-ring (bicyclic) bond motifs is 2. The summed E-state index contributed by atoms with van der Waals surface area (Å²) < 4.78 is 17.4. The minimum Gasteiger partial charge on any atom is -0.314 e. The van der Waals surface area contributed by atoms with Crippen molar-refractivity contribution in [1.82, 2.24) is 29.7 Å². The van der Waals surface area contributed by atoms with Crippen LogP contribution in [0.2, 0.25) is 0 Å². The number of piperidine rings is 1. The summed E-state index contributed by atoms with van der Waals surface area (Å²) in [7, 11) is 0. The lowest BCUT2D eigenvalue weighted by molar-refractivity contribution is 0.169. The Kier molecular flexibility index (Phi) is 4.16. The van der Waals surface area contributed by atoms with Crippen LogP contribution in [0.3, 0.4) is 0 Å². The van der Waals surface area contributed by atoms with E-state index in [1.54, 1.807) is 16.8 Å². The average Bonchev–Trinajstić information content (AvgIpc) is 3.10. The minimum atomic E-state index is -1.12. The Morgan fingerprint density at radius 2 is 2.10 bits per heavy atom. The van der Waals surface area contributed by atoms with Gasteiger partial charge in [0.1, 0.15) is 6.17 Å². The summed E-state index contributed by atoms with van der Waals surface area (Å²) in [6.07, 6.45) is 2.95. The highest BCUT2D eigenvalue weighted by Crippen LogP contribution is 2.25. The number of nitrogens with zero attached hydrogens (tertiary/aromatic N) is 5. The number of imidazole rings is 1. The van der Waals surface area contributed by atoms with Crippen LogP contribution in [0.4, 0.5) is 4.39 Å². The summed E-state index contributed by atoms with van der Waals surface area (Å²) in [5, 5.41) is 13.2. The SMILES string of the molecule is Cc1cn2nc(-c3ccc4c(=O)n([C@H]5CCNC[C@H]5F)ncc4c3)cc(C)c2n1. The largest absolute Gasteiger partial charge is 0.314 e. The van der Waals surface area contributed by atoms with E-state index in [4.69, 9.17) is 0 Å². The zero-order valence-corrected chi connectivity index (χ0v) is 16.3. The lowest BCUT2D eigenvalue weighted by Gasteiger charge is -2.27. The van der Waals surface area contributed by atoms with E-state index in [9.17, 15) is 9.18 Å². The van der Waals surface area contributed by atoms with Gasteiger partial charge in [-0.25, -0.2) is 18.6 Å². The number of rotatable bonds is 2. The van der Waals surface area contributed by atoms with Crippen molar-refractivity contribution >= 4 is 16.4 Å². The molecule has 148 valence electrons. The van der Waals surface area contributed by atoms with Crippen LogP contribution >= 0.6 is 0 Å². The van der Waals surface area contributed by atoms with Gasteiger partial charge < -0.3 is 5.32 Å². The number of hydrogen-bond acceptors (Lipinski definition) is 5. The molecule has 3 aromatic heterocycles. The third kappa shape index (κ3) is 3.00. The van der Waals surface area contributed by atoms with Gasteiger partial charge in [0.2, 0.25) is 0 Å². The van der Waals surface area contributed by atoms with Crippen molar-refractivity contribution in [2.45, 2.75) is 32.5 Å². The third-order valence-corrected chi connectivity index (χ3v) is 5.52. The molecular weight excluding hydrogens is 371 g/mol. The maximum atomic E-state index is 14.3. The normalized spacial score (nSPS) is 19.8. The average molecular weight is 392 g/mol. The molecule has 1 aromatic carbocycles. The van der Waals surface area contributed by atoms with Crippen molar-refractivity contribution in [3.8, 4) is 11.3 Å². The molecule has 8 heteroatoms. The van der Waals surface area contributed by atoms with Gasteiger partial charge >= 0.3 is 0 Å². The predicted octanol–water partition coefficient (Wildman–Crippen LogP) is 2.60. The van der Waals surface area contributed by atoms with E-state index in [0.717, 1.165) is 33.5 Å². The number of hydrogen-bond donors (Lipinski definition) is 1. The maximum absolute atomic E-state index is 14.3. The standard InChI is InChI=1S/C21H21FN6O/c1-12-7-18(26-27-11-13(2)25-20(12)27)14-3-4-16-15(8-14)9-24-28(21(16)29)19-5-6-23-10-17(19)22/h3-4,7-9,11,17,19,23H,5-6,10H2,1-2H3/t17-,19+/m1/s1. The van der Waals surface area contributed by atoms with E-state index >= 15 is 0 Å². The van der Waals surface area contributed by atoms with Crippen molar-refractivity contribution in [3.05, 3.63) is 58.3 Å². The van der Waals surface area contributed by atoms with Crippen LogP contribution < -0.4 is 10.9 Å². The number of aromatic nitrogens is 5. The summed E-state index contributed by atoms with van der Waals surface area (Å²) in [6, 6.07) is 7.02. The Balaban J connectivity index is 1.59. The lowest BCUT2D eigenvalue weighted by Crippen LogP contribution is -2.43. The fourth-order valence-electron chi connectivity index (χ4n) is 4.03. The summed E-state index contributed by atoms with van der Waals surface area (Å²) >= 11 is 0. The Morgan fingerprint density at radius 1 is 1.24 bits per heavy atom. The van der Waals surface area contributed by atoms with Gasteiger partial charge in [-0.3, -0.25) is 4.79 Å². The van der Waals surface area contributed by atoms with Crippen LogP contribution in [0.25, 0.3) is 27.7 Å². The quantitative estimate of drug-likeness (QED) is 0.567. The van der Waals surface area contributed by atoms with Crippen molar-refractivity contribution < 1.29 is 4.39 Å². The Hall–Kier alpha value is -3.13. The van der Waals surface area contributed by atoms with E-state index in [-0.39, 0.29) is 12.1 Å². The highest BCUT2D eigenvalue weighted by atomic mass is 19.1. The van der Waals surface area contributed by atoms with Crippen LogP contribution in [0, 0.1) is 13.8 Å². The van der Waals surface area contributed by atoms with E-state index in [1.165, 1.54) is 4.68 Å². The molecule has 0 saturated carbocycles. The first-order valence-electron chi connectivity index (χ1n) is 9.71. The van der Waals surface area contributed by atoms with E-state index in [0.29, 0.717) is 18.4 Å². The molecule has 0 spiro atoms. The number of nitrogens with one attached hydrogen (secondary N) is 1. The first kappa shape index (κ1) is 17.9. The summed E-state index contributed by atoms with van der Waals surface area (Å²) in [6.45, 7) is 4.86. The molecule has 7 nitrogen and oxygen atoms in total. The zero-order valence-electron chi connectivity index (χ0n) is 16.3. The second kappa shape index (κ2) is 6.73. The monoisotopic (exact) mass is 392 g/mol. The zero-order chi connectivity index (χ0) is 20.1. The predicted molar refractivity (Wildman–Crippen MR) is 109 cm³/mol. The fraction of sp³-hybridized carbons (Fsp3) is 0.333. The topological polar surface area (TPSA) is 77.1 Å². The molecule has 0 aliphatic carbocycles. The van der Waals surface area contributed by atoms with Gasteiger partial charge in [-0.15, -0.1) is 0 Å². The van der Waals surface area contributed by atoms with E-state index in [2.05, 4.69) is 20.5 Å². The molecule has 4 heterocycles. The molecule has 0 bridgehead atoms. The smallest absolute Gasteiger partial charge is 0.274 e. The van der Waals surface area contributed by atoms with Gasteiger partial charge in [0, 0.05) is 17.5 Å². The number of alkyl halides is 1. The van der Waals surface area contributed by atoms with Crippen molar-refractivity contribution in [2.24, 2.45) is 0 Å². The summed E-state index contributed by atoms with van der Waals surface area (Å²) in [4.78, 5) is 17.4. The highest BCUT2D eigenvalue weighted by Gasteiger charge is 2.28. The Labute approximate surface area is 166 Å². The van der Waals surface area contributed by atoms with Crippen LogP contribution in [0.1, 0.15) is 23.7 Å². The van der Waals surface area contributed by atoms with Crippen LogP contribution in [-0.4, -0.2) is 43.6 Å². The molecule has 5 rings (SSSR count). The fourth-order valence-corrected chi connectivity index (χ4v) is 4.03. The van der Waals surface area contributed by atoms with Gasteiger partial charge in [-0.2, -0.15) is 10.2 Å². The number of aryl methyl sites for hydroxylation is 2.